The van der Waals surface area contributed by atoms with E-state index < -0.39 is 0 Å². The fourth-order valence-corrected chi connectivity index (χ4v) is 3.15. The third kappa shape index (κ3) is 2.96. The molecule has 0 aliphatic rings. The summed E-state index contributed by atoms with van der Waals surface area (Å²) >= 11 is 1.66. The van der Waals surface area contributed by atoms with Crippen LogP contribution in [0.25, 0.3) is 10.9 Å². The number of pyridine rings is 1. The van der Waals surface area contributed by atoms with Gasteiger partial charge in [0.25, 0.3) is 0 Å². The number of thiazole rings is 1. The van der Waals surface area contributed by atoms with Crippen molar-refractivity contribution in [2.45, 2.75) is 19.9 Å². The van der Waals surface area contributed by atoms with Gasteiger partial charge in [0.15, 0.2) is 0 Å². The number of anilines is 1. The minimum Gasteiger partial charge on any atom is -0.494 e. The second-order valence-corrected chi connectivity index (χ2v) is 5.90. The molecule has 0 aliphatic carbocycles. The van der Waals surface area contributed by atoms with Gasteiger partial charge in [-0.3, -0.25) is 4.98 Å². The van der Waals surface area contributed by atoms with Crippen LogP contribution in [0.15, 0.2) is 29.8 Å². The van der Waals surface area contributed by atoms with Gasteiger partial charge in [-0.1, -0.05) is 19.1 Å². The van der Waals surface area contributed by atoms with Gasteiger partial charge in [-0.05, 0) is 12.5 Å². The Morgan fingerprint density at radius 3 is 2.96 bits per heavy atom. The van der Waals surface area contributed by atoms with Crippen molar-refractivity contribution in [2.24, 2.45) is 0 Å². The van der Waals surface area contributed by atoms with Crippen molar-refractivity contribution >= 4 is 27.9 Å². The zero-order chi connectivity index (χ0) is 16.2. The summed E-state index contributed by atoms with van der Waals surface area (Å²) < 4.78 is 5.35. The van der Waals surface area contributed by atoms with Gasteiger partial charge in [-0.15, -0.1) is 11.3 Å². The predicted octanol–water partition coefficient (Wildman–Crippen LogP) is 3.75. The van der Waals surface area contributed by atoms with Gasteiger partial charge >= 0.3 is 0 Å². The van der Waals surface area contributed by atoms with E-state index in [-0.39, 0.29) is 0 Å². The van der Waals surface area contributed by atoms with Crippen LogP contribution in [0, 0.1) is 11.3 Å². The summed E-state index contributed by atoms with van der Waals surface area (Å²) in [6.45, 7) is 2.66. The molecule has 116 valence electrons. The first kappa shape index (κ1) is 15.3. The molecule has 3 aromatic rings. The normalized spacial score (nSPS) is 10.5. The third-order valence-electron chi connectivity index (χ3n) is 3.55. The lowest BCUT2D eigenvalue weighted by Gasteiger charge is -2.12. The van der Waals surface area contributed by atoms with Crippen LogP contribution in [0.3, 0.4) is 0 Å². The lowest BCUT2D eigenvalue weighted by molar-refractivity contribution is 0.419. The third-order valence-corrected chi connectivity index (χ3v) is 4.59. The predicted molar refractivity (Wildman–Crippen MR) is 91.8 cm³/mol. The number of nitriles is 1. The highest BCUT2D eigenvalue weighted by molar-refractivity contribution is 7.09. The molecule has 0 spiro atoms. The van der Waals surface area contributed by atoms with E-state index in [1.165, 1.54) is 0 Å². The minimum absolute atomic E-state index is 0.511. The molecule has 0 saturated carbocycles. The molecule has 5 nitrogen and oxygen atoms in total. The van der Waals surface area contributed by atoms with Crippen molar-refractivity contribution in [3.05, 3.63) is 46.0 Å². The number of benzene rings is 1. The van der Waals surface area contributed by atoms with Crippen LogP contribution >= 0.6 is 11.3 Å². The monoisotopic (exact) mass is 324 g/mol. The van der Waals surface area contributed by atoms with Gasteiger partial charge in [0.1, 0.15) is 17.3 Å². The van der Waals surface area contributed by atoms with Gasteiger partial charge in [-0.2, -0.15) is 5.26 Å². The molecule has 0 atom stereocenters. The molecule has 0 unspecified atom stereocenters. The van der Waals surface area contributed by atoms with Crippen LogP contribution in [0.1, 0.15) is 23.2 Å². The number of nitrogens with zero attached hydrogens (tertiary/aromatic N) is 3. The Bertz CT molecular complexity index is 882. The largest absolute Gasteiger partial charge is 0.494 e. The van der Waals surface area contributed by atoms with Gasteiger partial charge in [-0.25, -0.2) is 4.98 Å². The zero-order valence-electron chi connectivity index (χ0n) is 13.0. The topological polar surface area (TPSA) is 70.8 Å². The van der Waals surface area contributed by atoms with Crippen molar-refractivity contribution < 1.29 is 4.74 Å². The quantitative estimate of drug-likeness (QED) is 0.774. The highest BCUT2D eigenvalue weighted by Gasteiger charge is 2.12. The van der Waals surface area contributed by atoms with Crippen LogP contribution in [-0.4, -0.2) is 17.1 Å². The smallest absolute Gasteiger partial charge is 0.145 e. The highest BCUT2D eigenvalue weighted by atomic mass is 32.1. The summed E-state index contributed by atoms with van der Waals surface area (Å²) in [4.78, 5) is 8.90. The summed E-state index contributed by atoms with van der Waals surface area (Å²) in [6.07, 6.45) is 2.51. The Labute approximate surface area is 138 Å². The lowest BCUT2D eigenvalue weighted by atomic mass is 10.1. The number of fused-ring (bicyclic) bond motifs is 1. The molecule has 3 rings (SSSR count). The Morgan fingerprint density at radius 1 is 1.39 bits per heavy atom. The van der Waals surface area contributed by atoms with E-state index in [1.54, 1.807) is 24.6 Å². The molecular weight excluding hydrogens is 308 g/mol. The Hall–Kier alpha value is -2.65. The van der Waals surface area contributed by atoms with Gasteiger partial charge < -0.3 is 10.1 Å². The minimum atomic E-state index is 0.511. The Morgan fingerprint density at radius 2 is 2.26 bits per heavy atom. The summed E-state index contributed by atoms with van der Waals surface area (Å²) in [5, 5.41) is 16.7. The van der Waals surface area contributed by atoms with E-state index in [0.717, 1.165) is 33.7 Å². The number of hydrogen-bond donors (Lipinski definition) is 1. The lowest BCUT2D eigenvalue weighted by Crippen LogP contribution is -2.04. The van der Waals surface area contributed by atoms with E-state index >= 15 is 0 Å². The average Bonchev–Trinajstić information content (AvgIpc) is 3.06. The van der Waals surface area contributed by atoms with Crippen LogP contribution < -0.4 is 10.1 Å². The SMILES string of the molecule is CCc1nc(CNc2c(C#N)cnc3c(OC)cccc23)cs1. The zero-order valence-corrected chi connectivity index (χ0v) is 13.8. The number of hydrogen-bond acceptors (Lipinski definition) is 6. The van der Waals surface area contributed by atoms with E-state index in [0.29, 0.717) is 17.9 Å². The molecule has 2 aromatic heterocycles. The second-order valence-electron chi connectivity index (χ2n) is 4.95. The average molecular weight is 324 g/mol. The van der Waals surface area contributed by atoms with Crippen LogP contribution in [0.2, 0.25) is 0 Å². The van der Waals surface area contributed by atoms with E-state index in [4.69, 9.17) is 4.74 Å². The number of aromatic nitrogens is 2. The van der Waals surface area contributed by atoms with Crippen molar-refractivity contribution in [3.63, 3.8) is 0 Å². The van der Waals surface area contributed by atoms with E-state index in [1.807, 2.05) is 23.6 Å². The summed E-state index contributed by atoms with van der Waals surface area (Å²) in [7, 11) is 1.61. The first-order valence-electron chi connectivity index (χ1n) is 7.29. The number of ether oxygens (including phenoxy) is 1. The van der Waals surface area contributed by atoms with Crippen LogP contribution in [0.5, 0.6) is 5.75 Å². The molecule has 0 saturated heterocycles. The van der Waals surface area contributed by atoms with E-state index in [9.17, 15) is 5.26 Å². The maximum absolute atomic E-state index is 9.37. The van der Waals surface area contributed by atoms with Crippen molar-refractivity contribution in [1.82, 2.24) is 9.97 Å². The molecule has 2 heterocycles. The number of para-hydroxylation sites is 1. The molecular formula is C17H16N4OS. The number of nitrogens with one attached hydrogen (secondary N) is 1. The van der Waals surface area contributed by atoms with Gasteiger partial charge in [0, 0.05) is 17.0 Å². The van der Waals surface area contributed by atoms with E-state index in [2.05, 4.69) is 28.3 Å². The molecule has 0 fully saturated rings. The number of aryl methyl sites for hydroxylation is 1. The first-order chi connectivity index (χ1) is 11.3. The summed E-state index contributed by atoms with van der Waals surface area (Å²) in [5.74, 6) is 0.692. The molecule has 23 heavy (non-hydrogen) atoms. The van der Waals surface area contributed by atoms with Crippen LogP contribution in [-0.2, 0) is 13.0 Å². The van der Waals surface area contributed by atoms with Gasteiger partial charge in [0.2, 0.25) is 0 Å². The first-order valence-corrected chi connectivity index (χ1v) is 8.17. The second kappa shape index (κ2) is 6.63. The molecule has 0 aliphatic heterocycles. The fraction of sp³-hybridized carbons (Fsp3) is 0.235. The maximum Gasteiger partial charge on any atom is 0.145 e. The molecule has 0 amide bonds. The van der Waals surface area contributed by atoms with Crippen molar-refractivity contribution in [3.8, 4) is 11.8 Å². The van der Waals surface area contributed by atoms with Crippen LogP contribution in [0.4, 0.5) is 5.69 Å². The molecule has 6 heteroatoms. The molecule has 1 aromatic carbocycles. The number of methoxy groups -OCH3 is 1. The fourth-order valence-electron chi connectivity index (χ4n) is 2.41. The van der Waals surface area contributed by atoms with Gasteiger partial charge in [0.05, 0.1) is 35.6 Å². The Kier molecular flexibility index (Phi) is 4.40. The summed E-state index contributed by atoms with van der Waals surface area (Å²) in [5.41, 5.74) is 2.99. The van der Waals surface area contributed by atoms with Crippen molar-refractivity contribution in [1.29, 1.82) is 5.26 Å². The van der Waals surface area contributed by atoms with Crippen molar-refractivity contribution in [2.75, 3.05) is 12.4 Å². The maximum atomic E-state index is 9.37. The molecule has 0 radical (unpaired) electrons. The highest BCUT2D eigenvalue weighted by Crippen LogP contribution is 2.31. The molecule has 1 N–H and O–H groups in total. The summed E-state index contributed by atoms with van der Waals surface area (Å²) in [6, 6.07) is 7.89. The molecule has 0 bridgehead atoms. The Balaban J connectivity index is 1.99. The number of rotatable bonds is 5. The standard InChI is InChI=1S/C17H16N4OS/c1-3-15-21-12(10-23-15)9-20-16-11(7-18)8-19-17-13(16)5-4-6-14(17)22-2/h4-6,8,10H,3,9H2,1-2H3,(H,19,20).